The number of pyridine rings is 1. The molecule has 0 radical (unpaired) electrons. The average molecular weight is 473 g/mol. The Kier molecular flexibility index (Phi) is 6.36. The van der Waals surface area contributed by atoms with Gasteiger partial charge in [0.15, 0.2) is 0 Å². The lowest BCUT2D eigenvalue weighted by Crippen LogP contribution is -2.17. The van der Waals surface area contributed by atoms with Gasteiger partial charge in [-0.3, -0.25) is 9.78 Å². The minimum Gasteiger partial charge on any atom is -0.496 e. The predicted molar refractivity (Wildman–Crippen MR) is 121 cm³/mol. The Morgan fingerprint density at radius 1 is 1.09 bits per heavy atom. The fourth-order valence-electron chi connectivity index (χ4n) is 3.30. The summed E-state index contributed by atoms with van der Waals surface area (Å²) in [6.07, 6.45) is -3.06. The van der Waals surface area contributed by atoms with Gasteiger partial charge in [-0.05, 0) is 59.5 Å². The van der Waals surface area contributed by atoms with Crippen molar-refractivity contribution in [1.82, 2.24) is 4.98 Å². The van der Waals surface area contributed by atoms with Crippen LogP contribution in [0.1, 0.15) is 15.2 Å². The van der Waals surface area contributed by atoms with E-state index in [1.54, 1.807) is 24.8 Å². The maximum atomic E-state index is 12.8. The lowest BCUT2D eigenvalue weighted by atomic mass is 10.1. The van der Waals surface area contributed by atoms with Crippen LogP contribution in [0.5, 0.6) is 11.5 Å². The van der Waals surface area contributed by atoms with Gasteiger partial charge in [-0.25, -0.2) is 0 Å². The number of benzene rings is 2. The van der Waals surface area contributed by atoms with Gasteiger partial charge in [-0.1, -0.05) is 6.07 Å². The Morgan fingerprint density at radius 2 is 1.88 bits per heavy atom. The van der Waals surface area contributed by atoms with Gasteiger partial charge in [-0.2, -0.15) is 0 Å². The number of anilines is 2. The Morgan fingerprint density at radius 3 is 2.61 bits per heavy atom. The summed E-state index contributed by atoms with van der Waals surface area (Å²) in [5, 5.41) is 8.63. The molecule has 2 aromatic carbocycles. The van der Waals surface area contributed by atoms with E-state index in [0.717, 1.165) is 28.6 Å². The second kappa shape index (κ2) is 9.37. The van der Waals surface area contributed by atoms with Crippen molar-refractivity contribution in [2.24, 2.45) is 0 Å². The molecule has 33 heavy (non-hydrogen) atoms. The monoisotopic (exact) mass is 473 g/mol. The number of nitrogens with one attached hydrogen (secondary N) is 2. The summed E-state index contributed by atoms with van der Waals surface area (Å²) in [4.78, 5) is 17.6. The standard InChI is InChI=1S/C23H18F3N3O3S/c1-31-19-4-2-3-17-20(19)14(9-11-27-17)13-28-18-10-12-33-21(18)22(30)29-15-5-7-16(8-6-15)32-23(24,25)26/h2-12,28H,13H2,1H3,(H,29,30). The molecule has 0 fully saturated rings. The van der Waals surface area contributed by atoms with E-state index >= 15 is 0 Å². The summed E-state index contributed by atoms with van der Waals surface area (Å²) < 4.78 is 46.2. The zero-order valence-electron chi connectivity index (χ0n) is 17.3. The molecular formula is C23H18F3N3O3S. The Hall–Kier alpha value is -3.79. The van der Waals surface area contributed by atoms with Crippen LogP contribution in [0.2, 0.25) is 0 Å². The largest absolute Gasteiger partial charge is 0.573 e. The molecule has 2 N–H and O–H groups in total. The Balaban J connectivity index is 1.47. The van der Waals surface area contributed by atoms with Crippen molar-refractivity contribution in [3.05, 3.63) is 76.6 Å². The Labute approximate surface area is 191 Å². The average Bonchev–Trinajstić information content (AvgIpc) is 3.26. The van der Waals surface area contributed by atoms with Crippen LogP contribution in [-0.4, -0.2) is 24.4 Å². The summed E-state index contributed by atoms with van der Waals surface area (Å²) in [5.41, 5.74) is 2.73. The molecule has 4 aromatic rings. The Bertz CT molecular complexity index is 1270. The zero-order valence-corrected chi connectivity index (χ0v) is 18.1. The molecule has 2 heterocycles. The molecule has 4 rings (SSSR count). The summed E-state index contributed by atoms with van der Waals surface area (Å²) in [6, 6.07) is 14.3. The first kappa shape index (κ1) is 22.4. The predicted octanol–water partition coefficient (Wildman–Crippen LogP) is 6.07. The molecule has 170 valence electrons. The van der Waals surface area contributed by atoms with Gasteiger partial charge in [0.05, 0.1) is 18.3 Å². The summed E-state index contributed by atoms with van der Waals surface area (Å²) in [6.45, 7) is 0.430. The molecule has 0 saturated carbocycles. The number of halogens is 3. The van der Waals surface area contributed by atoms with E-state index in [4.69, 9.17) is 4.74 Å². The summed E-state index contributed by atoms with van der Waals surface area (Å²) in [7, 11) is 1.60. The van der Waals surface area contributed by atoms with Gasteiger partial charge in [0.1, 0.15) is 16.4 Å². The first-order valence-electron chi connectivity index (χ1n) is 9.73. The van der Waals surface area contributed by atoms with Crippen LogP contribution in [0.25, 0.3) is 10.9 Å². The lowest BCUT2D eigenvalue weighted by molar-refractivity contribution is -0.274. The summed E-state index contributed by atoms with van der Waals surface area (Å²) in [5.74, 6) is -0.0354. The van der Waals surface area contributed by atoms with Crippen LogP contribution in [0.15, 0.2) is 66.2 Å². The van der Waals surface area contributed by atoms with Gasteiger partial charge in [0.25, 0.3) is 5.91 Å². The number of nitrogens with zero attached hydrogens (tertiary/aromatic N) is 1. The molecule has 1 amide bonds. The van der Waals surface area contributed by atoms with Crippen molar-refractivity contribution in [3.8, 4) is 11.5 Å². The number of carbonyl (C=O) groups excluding carboxylic acids is 1. The van der Waals surface area contributed by atoms with Gasteiger partial charge < -0.3 is 20.1 Å². The van der Waals surface area contributed by atoms with Crippen LogP contribution < -0.4 is 20.1 Å². The quantitative estimate of drug-likeness (QED) is 0.341. The van der Waals surface area contributed by atoms with Crippen molar-refractivity contribution < 1.29 is 27.4 Å². The van der Waals surface area contributed by atoms with Crippen LogP contribution in [0.3, 0.4) is 0 Å². The molecule has 10 heteroatoms. The zero-order chi connectivity index (χ0) is 23.4. The van der Waals surface area contributed by atoms with Crippen molar-refractivity contribution in [2.45, 2.75) is 12.9 Å². The van der Waals surface area contributed by atoms with Crippen LogP contribution in [0.4, 0.5) is 24.5 Å². The van der Waals surface area contributed by atoms with E-state index in [0.29, 0.717) is 28.5 Å². The molecule has 0 saturated heterocycles. The molecule has 0 aliphatic rings. The van der Waals surface area contributed by atoms with Gasteiger partial charge >= 0.3 is 6.36 Å². The number of alkyl halides is 3. The fraction of sp³-hybridized carbons (Fsp3) is 0.130. The van der Waals surface area contributed by atoms with Crippen molar-refractivity contribution in [3.63, 3.8) is 0 Å². The maximum Gasteiger partial charge on any atom is 0.573 e. The molecule has 0 spiro atoms. The van der Waals surface area contributed by atoms with Gasteiger partial charge in [0, 0.05) is 23.8 Å². The highest BCUT2D eigenvalue weighted by Gasteiger charge is 2.31. The third-order valence-corrected chi connectivity index (χ3v) is 5.63. The lowest BCUT2D eigenvalue weighted by Gasteiger charge is -2.12. The minimum atomic E-state index is -4.77. The smallest absolute Gasteiger partial charge is 0.496 e. The van der Waals surface area contributed by atoms with E-state index in [-0.39, 0.29) is 11.7 Å². The second-order valence-corrected chi connectivity index (χ2v) is 7.78. The third kappa shape index (κ3) is 5.35. The molecule has 6 nitrogen and oxygen atoms in total. The molecule has 0 aliphatic carbocycles. The normalized spacial score (nSPS) is 11.3. The third-order valence-electron chi connectivity index (χ3n) is 4.72. The molecule has 0 aliphatic heterocycles. The number of thiophene rings is 1. The number of hydrogen-bond acceptors (Lipinski definition) is 6. The SMILES string of the molecule is COc1cccc2nccc(CNc3ccsc3C(=O)Nc3ccc(OC(F)(F)F)cc3)c12. The highest BCUT2D eigenvalue weighted by molar-refractivity contribution is 7.12. The topological polar surface area (TPSA) is 72.5 Å². The minimum absolute atomic E-state index is 0.346. The van der Waals surface area contributed by atoms with Crippen molar-refractivity contribution in [1.29, 1.82) is 0 Å². The van der Waals surface area contributed by atoms with Crippen LogP contribution in [0, 0.1) is 0 Å². The highest BCUT2D eigenvalue weighted by atomic mass is 32.1. The number of fused-ring (bicyclic) bond motifs is 1. The molecule has 0 bridgehead atoms. The molecule has 0 unspecified atom stereocenters. The van der Waals surface area contributed by atoms with Crippen molar-refractivity contribution >= 4 is 39.5 Å². The number of hydrogen-bond donors (Lipinski definition) is 2. The van der Waals surface area contributed by atoms with E-state index in [9.17, 15) is 18.0 Å². The molecule has 0 atom stereocenters. The van der Waals surface area contributed by atoms with E-state index < -0.39 is 6.36 Å². The van der Waals surface area contributed by atoms with E-state index in [1.807, 2.05) is 24.3 Å². The number of methoxy groups -OCH3 is 1. The highest BCUT2D eigenvalue weighted by Crippen LogP contribution is 2.30. The van der Waals surface area contributed by atoms with E-state index in [2.05, 4.69) is 20.4 Å². The van der Waals surface area contributed by atoms with Crippen LogP contribution in [-0.2, 0) is 6.54 Å². The maximum absolute atomic E-state index is 12.8. The van der Waals surface area contributed by atoms with Gasteiger partial charge in [0.2, 0.25) is 0 Å². The fourth-order valence-corrected chi connectivity index (χ4v) is 4.07. The van der Waals surface area contributed by atoms with E-state index in [1.165, 1.54) is 23.5 Å². The number of ether oxygens (including phenoxy) is 2. The molecule has 2 aromatic heterocycles. The van der Waals surface area contributed by atoms with Crippen molar-refractivity contribution in [2.75, 3.05) is 17.7 Å². The number of rotatable bonds is 7. The summed E-state index contributed by atoms with van der Waals surface area (Å²) >= 11 is 1.25. The second-order valence-electron chi connectivity index (χ2n) is 6.87. The number of amides is 1. The first-order chi connectivity index (χ1) is 15.8. The number of aromatic nitrogens is 1. The number of carbonyl (C=O) groups is 1. The molecular weight excluding hydrogens is 455 g/mol. The first-order valence-corrected chi connectivity index (χ1v) is 10.6. The van der Waals surface area contributed by atoms with Crippen LogP contribution >= 0.6 is 11.3 Å². The van der Waals surface area contributed by atoms with Gasteiger partial charge in [-0.15, -0.1) is 24.5 Å².